The van der Waals surface area contributed by atoms with Crippen molar-refractivity contribution in [2.75, 3.05) is 31.2 Å². The highest BCUT2D eigenvalue weighted by Crippen LogP contribution is 2.35. The molecule has 1 N–H and O–H groups in total. The van der Waals surface area contributed by atoms with E-state index in [2.05, 4.69) is 14.9 Å². The number of ether oxygens (including phenoxy) is 1. The molecule has 20 heavy (non-hydrogen) atoms. The minimum atomic E-state index is -0.930. The molecule has 1 aromatic rings. The summed E-state index contributed by atoms with van der Waals surface area (Å²) in [5.41, 5.74) is 0.973. The van der Waals surface area contributed by atoms with Gasteiger partial charge in [-0.1, -0.05) is 12.8 Å². The number of anilines is 1. The summed E-state index contributed by atoms with van der Waals surface area (Å²) in [6.45, 7) is 2.86. The first kappa shape index (κ1) is 13.3. The summed E-state index contributed by atoms with van der Waals surface area (Å²) in [5, 5.41) is 9.31. The van der Waals surface area contributed by atoms with Crippen LogP contribution in [0.25, 0.3) is 0 Å². The lowest BCUT2D eigenvalue weighted by Crippen LogP contribution is -2.37. The van der Waals surface area contributed by atoms with Gasteiger partial charge < -0.3 is 14.7 Å². The summed E-state index contributed by atoms with van der Waals surface area (Å²) in [7, 11) is 0. The van der Waals surface area contributed by atoms with E-state index >= 15 is 0 Å². The van der Waals surface area contributed by atoms with Crippen molar-refractivity contribution in [3.8, 4) is 0 Å². The second kappa shape index (κ2) is 5.75. The Morgan fingerprint density at radius 3 is 2.65 bits per heavy atom. The number of hydrogen-bond acceptors (Lipinski definition) is 5. The Bertz CT molecular complexity index is 494. The smallest absolute Gasteiger partial charge is 0.339 e. The number of carbonyl (C=O) groups is 1. The van der Waals surface area contributed by atoms with Crippen LogP contribution in [0.1, 0.15) is 47.7 Å². The maximum atomic E-state index is 11.4. The highest BCUT2D eigenvalue weighted by molar-refractivity contribution is 5.88. The van der Waals surface area contributed by atoms with E-state index in [1.807, 2.05) is 0 Å². The summed E-state index contributed by atoms with van der Waals surface area (Å²) in [6.07, 6.45) is 5.83. The Hall–Kier alpha value is -1.69. The van der Waals surface area contributed by atoms with Crippen LogP contribution in [0.5, 0.6) is 0 Å². The standard InChI is InChI=1S/C14H19N3O3/c18-13(19)11-9-15-14(17-5-7-20-8-6-17)16-12(11)10-3-1-2-4-10/h9-10H,1-8H2,(H,18,19). The number of carboxylic acid groups (broad SMARTS) is 1. The summed E-state index contributed by atoms with van der Waals surface area (Å²) in [4.78, 5) is 22.2. The first-order valence-corrected chi connectivity index (χ1v) is 7.18. The fourth-order valence-corrected chi connectivity index (χ4v) is 2.98. The van der Waals surface area contributed by atoms with E-state index in [1.54, 1.807) is 0 Å². The van der Waals surface area contributed by atoms with Crippen LogP contribution in [-0.2, 0) is 4.74 Å². The van der Waals surface area contributed by atoms with Gasteiger partial charge in [0.1, 0.15) is 0 Å². The zero-order chi connectivity index (χ0) is 13.9. The topological polar surface area (TPSA) is 75.5 Å². The number of morpholine rings is 1. The van der Waals surface area contributed by atoms with E-state index in [0.29, 0.717) is 24.9 Å². The molecule has 1 aromatic heterocycles. The third-order valence-electron chi connectivity index (χ3n) is 4.07. The van der Waals surface area contributed by atoms with Gasteiger partial charge in [-0.15, -0.1) is 0 Å². The molecular weight excluding hydrogens is 258 g/mol. The van der Waals surface area contributed by atoms with Gasteiger partial charge in [0.2, 0.25) is 5.95 Å². The predicted molar refractivity (Wildman–Crippen MR) is 73.2 cm³/mol. The Kier molecular flexibility index (Phi) is 3.82. The lowest BCUT2D eigenvalue weighted by molar-refractivity contribution is 0.0694. The fraction of sp³-hybridized carbons (Fsp3) is 0.643. The van der Waals surface area contributed by atoms with Gasteiger partial charge in [0, 0.05) is 25.2 Å². The molecule has 1 aliphatic heterocycles. The summed E-state index contributed by atoms with van der Waals surface area (Å²) >= 11 is 0. The van der Waals surface area contributed by atoms with E-state index in [9.17, 15) is 9.90 Å². The van der Waals surface area contributed by atoms with Crippen molar-refractivity contribution in [1.82, 2.24) is 9.97 Å². The Morgan fingerprint density at radius 2 is 2.00 bits per heavy atom. The lowest BCUT2D eigenvalue weighted by Gasteiger charge is -2.27. The molecule has 0 amide bonds. The van der Waals surface area contributed by atoms with E-state index in [0.717, 1.165) is 38.8 Å². The van der Waals surface area contributed by atoms with Crippen LogP contribution in [0, 0.1) is 0 Å². The number of carboxylic acids is 1. The molecule has 2 fully saturated rings. The third kappa shape index (κ3) is 2.60. The molecule has 0 radical (unpaired) electrons. The Balaban J connectivity index is 1.92. The van der Waals surface area contributed by atoms with Gasteiger partial charge in [-0.05, 0) is 12.8 Å². The fourth-order valence-electron chi connectivity index (χ4n) is 2.98. The molecule has 1 saturated carbocycles. The average molecular weight is 277 g/mol. The largest absolute Gasteiger partial charge is 0.478 e. The molecule has 2 aliphatic rings. The van der Waals surface area contributed by atoms with Crippen LogP contribution in [0.15, 0.2) is 6.20 Å². The van der Waals surface area contributed by atoms with Crippen molar-refractivity contribution in [1.29, 1.82) is 0 Å². The molecule has 2 heterocycles. The molecule has 0 aromatic carbocycles. The highest BCUT2D eigenvalue weighted by atomic mass is 16.5. The van der Waals surface area contributed by atoms with Crippen molar-refractivity contribution in [3.05, 3.63) is 17.5 Å². The molecular formula is C14H19N3O3. The normalized spacial score (nSPS) is 20.3. The summed E-state index contributed by atoms with van der Waals surface area (Å²) in [6, 6.07) is 0. The van der Waals surface area contributed by atoms with Gasteiger partial charge >= 0.3 is 5.97 Å². The van der Waals surface area contributed by atoms with Gasteiger partial charge in [0.05, 0.1) is 24.5 Å². The molecule has 1 aliphatic carbocycles. The van der Waals surface area contributed by atoms with Crippen molar-refractivity contribution >= 4 is 11.9 Å². The molecule has 0 unspecified atom stereocenters. The molecule has 3 rings (SSSR count). The first-order chi connectivity index (χ1) is 9.75. The van der Waals surface area contributed by atoms with Gasteiger partial charge in [-0.2, -0.15) is 0 Å². The monoisotopic (exact) mass is 277 g/mol. The van der Waals surface area contributed by atoms with Gasteiger partial charge in [0.25, 0.3) is 0 Å². The van der Waals surface area contributed by atoms with Crippen molar-refractivity contribution in [2.24, 2.45) is 0 Å². The maximum Gasteiger partial charge on any atom is 0.339 e. The van der Waals surface area contributed by atoms with Crippen LogP contribution in [0.4, 0.5) is 5.95 Å². The molecule has 6 heteroatoms. The van der Waals surface area contributed by atoms with Crippen molar-refractivity contribution in [2.45, 2.75) is 31.6 Å². The number of nitrogens with zero attached hydrogens (tertiary/aromatic N) is 3. The van der Waals surface area contributed by atoms with Crippen molar-refractivity contribution < 1.29 is 14.6 Å². The van der Waals surface area contributed by atoms with E-state index in [1.165, 1.54) is 6.20 Å². The van der Waals surface area contributed by atoms with E-state index in [-0.39, 0.29) is 11.5 Å². The lowest BCUT2D eigenvalue weighted by atomic mass is 9.99. The Morgan fingerprint density at radius 1 is 1.30 bits per heavy atom. The average Bonchev–Trinajstić information content (AvgIpc) is 3.01. The molecule has 0 atom stereocenters. The zero-order valence-corrected chi connectivity index (χ0v) is 11.4. The zero-order valence-electron chi connectivity index (χ0n) is 11.4. The Labute approximate surface area is 117 Å². The minimum Gasteiger partial charge on any atom is -0.478 e. The van der Waals surface area contributed by atoms with Crippen LogP contribution >= 0.6 is 0 Å². The van der Waals surface area contributed by atoms with E-state index < -0.39 is 5.97 Å². The van der Waals surface area contributed by atoms with Crippen LogP contribution in [0.2, 0.25) is 0 Å². The predicted octanol–water partition coefficient (Wildman–Crippen LogP) is 1.67. The van der Waals surface area contributed by atoms with Crippen LogP contribution in [-0.4, -0.2) is 47.3 Å². The van der Waals surface area contributed by atoms with Crippen LogP contribution < -0.4 is 4.90 Å². The second-order valence-electron chi connectivity index (χ2n) is 5.35. The highest BCUT2D eigenvalue weighted by Gasteiger charge is 2.26. The SMILES string of the molecule is O=C(O)c1cnc(N2CCOCC2)nc1C1CCCC1. The second-order valence-corrected chi connectivity index (χ2v) is 5.35. The number of aromatic carboxylic acids is 1. The van der Waals surface area contributed by atoms with E-state index in [4.69, 9.17) is 4.74 Å². The number of rotatable bonds is 3. The first-order valence-electron chi connectivity index (χ1n) is 7.18. The third-order valence-corrected chi connectivity index (χ3v) is 4.07. The number of aromatic nitrogens is 2. The van der Waals surface area contributed by atoms with Crippen LogP contribution in [0.3, 0.4) is 0 Å². The quantitative estimate of drug-likeness (QED) is 0.905. The van der Waals surface area contributed by atoms with Gasteiger partial charge in [-0.3, -0.25) is 0 Å². The molecule has 108 valence electrons. The molecule has 0 spiro atoms. The van der Waals surface area contributed by atoms with Gasteiger partial charge in [0.15, 0.2) is 0 Å². The number of hydrogen-bond donors (Lipinski definition) is 1. The maximum absolute atomic E-state index is 11.4. The molecule has 0 bridgehead atoms. The molecule has 6 nitrogen and oxygen atoms in total. The summed E-state index contributed by atoms with van der Waals surface area (Å²) < 4.78 is 5.32. The van der Waals surface area contributed by atoms with Gasteiger partial charge in [-0.25, -0.2) is 14.8 Å². The van der Waals surface area contributed by atoms with Crippen molar-refractivity contribution in [3.63, 3.8) is 0 Å². The minimum absolute atomic E-state index is 0.258. The molecule has 1 saturated heterocycles. The summed E-state index contributed by atoms with van der Waals surface area (Å²) in [5.74, 6) is -0.0236.